The smallest absolute Gasteiger partial charge is 0.217 e. The van der Waals surface area contributed by atoms with Crippen LogP contribution >= 0.6 is 0 Å². The number of carbonyl (C=O) groups excluding carboxylic acids is 1. The fourth-order valence-electron chi connectivity index (χ4n) is 0.762. The molecule has 0 atom stereocenters. The summed E-state index contributed by atoms with van der Waals surface area (Å²) in [6.07, 6.45) is 1.37. The Bertz CT molecular complexity index is 102. The number of hydrogen-bond acceptors (Lipinski definition) is 3. The van der Waals surface area contributed by atoms with Gasteiger partial charge in [-0.15, -0.1) is 0 Å². The molecular formula is C8H18N2O2. The first-order valence-corrected chi connectivity index (χ1v) is 4.34. The van der Waals surface area contributed by atoms with E-state index in [-0.39, 0.29) is 5.91 Å². The Morgan fingerprint density at radius 1 is 1.50 bits per heavy atom. The highest BCUT2D eigenvalue weighted by atomic mass is 16.5. The van der Waals surface area contributed by atoms with Gasteiger partial charge in [-0.2, -0.15) is 0 Å². The van der Waals surface area contributed by atoms with Crippen LogP contribution in [0.5, 0.6) is 0 Å². The summed E-state index contributed by atoms with van der Waals surface area (Å²) in [5.41, 5.74) is 4.76. The largest absolute Gasteiger partial charge is 0.379 e. The topological polar surface area (TPSA) is 64.3 Å². The molecule has 4 heteroatoms. The van der Waals surface area contributed by atoms with Crippen molar-refractivity contribution in [2.45, 2.75) is 19.8 Å². The predicted molar refractivity (Wildman–Crippen MR) is 47.8 cm³/mol. The molecule has 1 aliphatic heterocycles. The summed E-state index contributed by atoms with van der Waals surface area (Å²) in [5, 5.41) is 3.16. The van der Waals surface area contributed by atoms with Gasteiger partial charge >= 0.3 is 0 Å². The molecule has 0 aliphatic carbocycles. The standard InChI is InChI=1S/2C4H9NO/c1-3-6-4-2-5-1;1-2-3-4(5)6/h5H,1-4H2;2-3H2,1H3,(H2,5,6). The Kier molecular flexibility index (Phi) is 8.05. The molecule has 12 heavy (non-hydrogen) atoms. The van der Waals surface area contributed by atoms with Crippen molar-refractivity contribution in [2.24, 2.45) is 5.73 Å². The number of hydrogen-bond donors (Lipinski definition) is 2. The molecule has 3 N–H and O–H groups in total. The van der Waals surface area contributed by atoms with Gasteiger partial charge in [0.15, 0.2) is 0 Å². The van der Waals surface area contributed by atoms with E-state index in [2.05, 4.69) is 5.32 Å². The number of amides is 1. The van der Waals surface area contributed by atoms with Crippen molar-refractivity contribution in [1.29, 1.82) is 0 Å². The number of carbonyl (C=O) groups is 1. The van der Waals surface area contributed by atoms with Gasteiger partial charge in [-0.25, -0.2) is 0 Å². The average molecular weight is 174 g/mol. The quantitative estimate of drug-likeness (QED) is 0.613. The lowest BCUT2D eigenvalue weighted by Crippen LogP contribution is -2.30. The number of nitrogens with one attached hydrogen (secondary N) is 1. The van der Waals surface area contributed by atoms with Crippen molar-refractivity contribution in [1.82, 2.24) is 5.32 Å². The predicted octanol–water partition coefficient (Wildman–Crippen LogP) is -0.122. The zero-order valence-electron chi connectivity index (χ0n) is 7.64. The number of primary amides is 1. The molecule has 0 aromatic carbocycles. The highest BCUT2D eigenvalue weighted by molar-refractivity contribution is 5.73. The van der Waals surface area contributed by atoms with Crippen molar-refractivity contribution >= 4 is 5.91 Å². The van der Waals surface area contributed by atoms with E-state index < -0.39 is 0 Å². The van der Waals surface area contributed by atoms with Gasteiger partial charge in [0.05, 0.1) is 13.2 Å². The van der Waals surface area contributed by atoms with Crippen LogP contribution < -0.4 is 11.1 Å². The SMILES string of the molecule is C1COCCN1.CCCC(N)=O. The molecule has 1 heterocycles. The first kappa shape index (κ1) is 11.4. The summed E-state index contributed by atoms with van der Waals surface area (Å²) in [7, 11) is 0. The molecule has 0 radical (unpaired) electrons. The zero-order chi connectivity index (χ0) is 9.23. The van der Waals surface area contributed by atoms with Crippen molar-refractivity contribution in [3.05, 3.63) is 0 Å². The van der Waals surface area contributed by atoms with Crippen LogP contribution in [0.25, 0.3) is 0 Å². The highest BCUT2D eigenvalue weighted by Gasteiger charge is 1.92. The maximum atomic E-state index is 9.82. The second-order valence-corrected chi connectivity index (χ2v) is 2.58. The Balaban J connectivity index is 0.000000202. The molecule has 4 nitrogen and oxygen atoms in total. The molecule has 0 unspecified atom stereocenters. The summed E-state index contributed by atoms with van der Waals surface area (Å²) in [6.45, 7) is 5.75. The third kappa shape index (κ3) is 9.39. The van der Waals surface area contributed by atoms with Gasteiger partial charge < -0.3 is 15.8 Å². The summed E-state index contributed by atoms with van der Waals surface area (Å²) < 4.78 is 5.01. The maximum Gasteiger partial charge on any atom is 0.217 e. The first-order valence-electron chi connectivity index (χ1n) is 4.34. The maximum absolute atomic E-state index is 9.82. The molecule has 1 aliphatic rings. The van der Waals surface area contributed by atoms with E-state index in [0.29, 0.717) is 6.42 Å². The van der Waals surface area contributed by atoms with Gasteiger partial charge in [-0.1, -0.05) is 6.92 Å². The normalized spacial score (nSPS) is 16.1. The van der Waals surface area contributed by atoms with Crippen LogP contribution in [0.1, 0.15) is 19.8 Å². The van der Waals surface area contributed by atoms with E-state index >= 15 is 0 Å². The van der Waals surface area contributed by atoms with E-state index in [1.165, 1.54) is 0 Å². The van der Waals surface area contributed by atoms with E-state index in [9.17, 15) is 4.79 Å². The van der Waals surface area contributed by atoms with E-state index in [1.54, 1.807) is 0 Å². The van der Waals surface area contributed by atoms with Crippen LogP contribution in [0.2, 0.25) is 0 Å². The minimum atomic E-state index is -0.211. The van der Waals surface area contributed by atoms with Gasteiger partial charge in [-0.3, -0.25) is 4.79 Å². The number of morpholine rings is 1. The van der Waals surface area contributed by atoms with Gasteiger partial charge in [-0.05, 0) is 6.42 Å². The van der Waals surface area contributed by atoms with Gasteiger partial charge in [0.25, 0.3) is 0 Å². The van der Waals surface area contributed by atoms with E-state index in [1.807, 2.05) is 6.92 Å². The van der Waals surface area contributed by atoms with Crippen LogP contribution in [-0.2, 0) is 9.53 Å². The first-order chi connectivity index (χ1) is 5.77. The zero-order valence-corrected chi connectivity index (χ0v) is 7.64. The summed E-state index contributed by atoms with van der Waals surface area (Å²) in [6, 6.07) is 0. The lowest BCUT2D eigenvalue weighted by Gasteiger charge is -2.10. The monoisotopic (exact) mass is 174 g/mol. The second-order valence-electron chi connectivity index (χ2n) is 2.58. The number of ether oxygens (including phenoxy) is 1. The molecule has 0 bridgehead atoms. The Morgan fingerprint density at radius 2 is 2.08 bits per heavy atom. The molecule has 72 valence electrons. The van der Waals surface area contributed by atoms with Crippen molar-refractivity contribution in [3.63, 3.8) is 0 Å². The van der Waals surface area contributed by atoms with Crippen LogP contribution in [0.15, 0.2) is 0 Å². The third-order valence-electron chi connectivity index (χ3n) is 1.34. The molecular weight excluding hydrogens is 156 g/mol. The van der Waals surface area contributed by atoms with Crippen molar-refractivity contribution in [2.75, 3.05) is 26.3 Å². The van der Waals surface area contributed by atoms with Crippen LogP contribution in [0, 0.1) is 0 Å². The number of nitrogens with two attached hydrogens (primary N) is 1. The summed E-state index contributed by atoms with van der Waals surface area (Å²) >= 11 is 0. The van der Waals surface area contributed by atoms with Crippen LogP contribution in [0.4, 0.5) is 0 Å². The minimum Gasteiger partial charge on any atom is -0.379 e. The fourth-order valence-corrected chi connectivity index (χ4v) is 0.762. The van der Waals surface area contributed by atoms with Crippen molar-refractivity contribution < 1.29 is 9.53 Å². The third-order valence-corrected chi connectivity index (χ3v) is 1.34. The lowest BCUT2D eigenvalue weighted by molar-refractivity contribution is -0.118. The molecule has 0 saturated carbocycles. The highest BCUT2D eigenvalue weighted by Crippen LogP contribution is 1.79. The average Bonchev–Trinajstić information content (AvgIpc) is 2.08. The molecule has 0 aromatic rings. The fraction of sp³-hybridized carbons (Fsp3) is 0.875. The Morgan fingerprint density at radius 3 is 2.17 bits per heavy atom. The molecule has 1 rings (SSSR count). The van der Waals surface area contributed by atoms with Gasteiger partial charge in [0.1, 0.15) is 0 Å². The van der Waals surface area contributed by atoms with E-state index in [0.717, 1.165) is 32.7 Å². The second kappa shape index (κ2) is 8.49. The van der Waals surface area contributed by atoms with Gasteiger partial charge in [0.2, 0.25) is 5.91 Å². The Hall–Kier alpha value is -0.610. The summed E-state index contributed by atoms with van der Waals surface area (Å²) in [4.78, 5) is 9.82. The molecule has 0 aromatic heterocycles. The molecule has 1 amide bonds. The molecule has 1 saturated heterocycles. The van der Waals surface area contributed by atoms with Crippen LogP contribution in [0.3, 0.4) is 0 Å². The van der Waals surface area contributed by atoms with Gasteiger partial charge in [0, 0.05) is 19.5 Å². The molecule has 0 spiro atoms. The van der Waals surface area contributed by atoms with Crippen LogP contribution in [-0.4, -0.2) is 32.2 Å². The molecule has 1 fully saturated rings. The lowest BCUT2D eigenvalue weighted by atomic mass is 10.3. The number of rotatable bonds is 2. The Labute approximate surface area is 73.5 Å². The van der Waals surface area contributed by atoms with E-state index in [4.69, 9.17) is 10.5 Å². The minimum absolute atomic E-state index is 0.211. The van der Waals surface area contributed by atoms with Crippen molar-refractivity contribution in [3.8, 4) is 0 Å². The summed E-state index contributed by atoms with van der Waals surface area (Å²) in [5.74, 6) is -0.211.